The van der Waals surface area contributed by atoms with Crippen molar-refractivity contribution in [3.8, 4) is 5.88 Å². The van der Waals surface area contributed by atoms with Crippen LogP contribution in [0.4, 0.5) is 0 Å². The van der Waals surface area contributed by atoms with Crippen LogP contribution in [-0.2, 0) is 6.54 Å². The lowest BCUT2D eigenvalue weighted by molar-refractivity contribution is 0.0593. The van der Waals surface area contributed by atoms with Gasteiger partial charge in [-0.3, -0.25) is 4.79 Å². The molecule has 2 aromatic heterocycles. The van der Waals surface area contributed by atoms with Crippen LogP contribution in [0.1, 0.15) is 54.3 Å². The molecule has 132 valence electrons. The van der Waals surface area contributed by atoms with Crippen LogP contribution in [0.2, 0.25) is 0 Å². The third-order valence-electron chi connectivity index (χ3n) is 5.05. The van der Waals surface area contributed by atoms with Crippen LogP contribution in [0.3, 0.4) is 0 Å². The summed E-state index contributed by atoms with van der Waals surface area (Å²) in [7, 11) is 1.57. The Hall–Kier alpha value is -2.44. The molecule has 3 heterocycles. The second kappa shape index (κ2) is 6.82. The molecule has 0 unspecified atom stereocenters. The van der Waals surface area contributed by atoms with Crippen molar-refractivity contribution in [2.75, 3.05) is 13.7 Å². The summed E-state index contributed by atoms with van der Waals surface area (Å²) in [5, 5.41) is 8.47. The maximum Gasteiger partial charge on any atom is 0.256 e. The minimum absolute atomic E-state index is 0.000764. The number of aromatic nitrogens is 4. The monoisotopic (exact) mass is 341 g/mol. The Bertz CT molecular complexity index is 738. The number of likely N-dealkylation sites (tertiary alicyclic amines) is 1. The Morgan fingerprint density at radius 2 is 2.16 bits per heavy atom. The minimum atomic E-state index is -0.00963. The highest BCUT2D eigenvalue weighted by Crippen LogP contribution is 2.34. The summed E-state index contributed by atoms with van der Waals surface area (Å²) in [6, 6.07) is 3.49. The molecule has 0 radical (unpaired) electrons. The van der Waals surface area contributed by atoms with Crippen molar-refractivity contribution in [2.45, 2.75) is 44.7 Å². The predicted octanol–water partition coefficient (Wildman–Crippen LogP) is 2.46. The van der Waals surface area contributed by atoms with Crippen LogP contribution >= 0.6 is 0 Å². The molecule has 0 N–H and O–H groups in total. The smallest absolute Gasteiger partial charge is 0.256 e. The normalized spacial score (nSPS) is 20.5. The van der Waals surface area contributed by atoms with E-state index in [0.717, 1.165) is 44.1 Å². The number of carbonyl (C=O) groups excluding carboxylic acids is 1. The molecule has 7 heteroatoms. The van der Waals surface area contributed by atoms with Crippen LogP contribution in [-0.4, -0.2) is 44.2 Å². The third-order valence-corrected chi connectivity index (χ3v) is 5.05. The van der Waals surface area contributed by atoms with E-state index in [-0.39, 0.29) is 11.9 Å². The number of amides is 1. The van der Waals surface area contributed by atoms with Gasteiger partial charge in [0.1, 0.15) is 6.33 Å². The van der Waals surface area contributed by atoms with Crippen molar-refractivity contribution in [1.29, 1.82) is 0 Å². The molecule has 1 atom stereocenters. The molecule has 2 aromatic rings. The summed E-state index contributed by atoms with van der Waals surface area (Å²) < 4.78 is 7.21. The van der Waals surface area contributed by atoms with Gasteiger partial charge in [-0.15, -0.1) is 10.2 Å². The maximum atomic E-state index is 13.0. The number of pyridine rings is 1. The quantitative estimate of drug-likeness (QED) is 0.835. The van der Waals surface area contributed by atoms with E-state index in [2.05, 4.69) is 19.7 Å². The molecule has 25 heavy (non-hydrogen) atoms. The zero-order valence-electron chi connectivity index (χ0n) is 14.5. The summed E-state index contributed by atoms with van der Waals surface area (Å²) in [4.78, 5) is 19.1. The first-order valence-corrected chi connectivity index (χ1v) is 8.95. The molecule has 1 aliphatic carbocycles. The lowest BCUT2D eigenvalue weighted by Gasteiger charge is -2.35. The molecule has 2 fully saturated rings. The number of hydrogen-bond donors (Lipinski definition) is 0. The van der Waals surface area contributed by atoms with Crippen molar-refractivity contribution >= 4 is 5.91 Å². The first kappa shape index (κ1) is 16.1. The molecule has 7 nitrogen and oxygen atoms in total. The van der Waals surface area contributed by atoms with E-state index in [4.69, 9.17) is 4.74 Å². The molecule has 2 aliphatic rings. The van der Waals surface area contributed by atoms with Crippen LogP contribution < -0.4 is 4.74 Å². The zero-order chi connectivity index (χ0) is 17.2. The average molecular weight is 341 g/mol. The van der Waals surface area contributed by atoms with Gasteiger partial charge in [-0.1, -0.05) is 0 Å². The van der Waals surface area contributed by atoms with Gasteiger partial charge in [0.2, 0.25) is 5.88 Å². The first-order valence-electron chi connectivity index (χ1n) is 8.95. The van der Waals surface area contributed by atoms with E-state index in [1.165, 1.54) is 12.8 Å². The van der Waals surface area contributed by atoms with E-state index in [0.29, 0.717) is 11.4 Å². The van der Waals surface area contributed by atoms with Crippen molar-refractivity contribution in [3.05, 3.63) is 36.0 Å². The molecule has 0 bridgehead atoms. The Balaban J connectivity index is 1.57. The van der Waals surface area contributed by atoms with E-state index in [1.807, 2.05) is 4.90 Å². The van der Waals surface area contributed by atoms with Crippen LogP contribution in [0.15, 0.2) is 24.7 Å². The Morgan fingerprint density at radius 3 is 2.88 bits per heavy atom. The van der Waals surface area contributed by atoms with E-state index in [1.54, 1.807) is 31.8 Å². The number of ether oxygens (including phenoxy) is 1. The topological polar surface area (TPSA) is 73.1 Å². The molecule has 1 amide bonds. The Labute approximate surface area is 147 Å². The molecule has 0 spiro atoms. The molecular weight excluding hydrogens is 318 g/mol. The Morgan fingerprint density at radius 1 is 1.28 bits per heavy atom. The number of piperidine rings is 1. The van der Waals surface area contributed by atoms with Gasteiger partial charge in [-0.25, -0.2) is 4.98 Å². The third kappa shape index (κ3) is 3.36. The average Bonchev–Trinajstić information content (AvgIpc) is 3.36. The largest absolute Gasteiger partial charge is 0.481 e. The molecule has 0 aromatic carbocycles. The zero-order valence-corrected chi connectivity index (χ0v) is 14.5. The van der Waals surface area contributed by atoms with Gasteiger partial charge in [0, 0.05) is 25.4 Å². The summed E-state index contributed by atoms with van der Waals surface area (Å²) in [5.74, 6) is 2.17. The number of hydrogen-bond acceptors (Lipinski definition) is 5. The van der Waals surface area contributed by atoms with Crippen molar-refractivity contribution in [3.63, 3.8) is 0 Å². The van der Waals surface area contributed by atoms with Crippen molar-refractivity contribution < 1.29 is 9.53 Å². The highest BCUT2D eigenvalue weighted by molar-refractivity contribution is 5.94. The fourth-order valence-electron chi connectivity index (χ4n) is 3.48. The fraction of sp³-hybridized carbons (Fsp3) is 0.556. The second-order valence-corrected chi connectivity index (χ2v) is 6.88. The predicted molar refractivity (Wildman–Crippen MR) is 91.2 cm³/mol. The van der Waals surface area contributed by atoms with Gasteiger partial charge in [-0.05, 0) is 44.1 Å². The maximum absolute atomic E-state index is 13.0. The van der Waals surface area contributed by atoms with Gasteiger partial charge in [0.05, 0.1) is 18.7 Å². The molecule has 1 saturated carbocycles. The lowest BCUT2D eigenvalue weighted by Crippen LogP contribution is -2.39. The summed E-state index contributed by atoms with van der Waals surface area (Å²) >= 11 is 0. The number of rotatable bonds is 5. The van der Waals surface area contributed by atoms with Gasteiger partial charge in [0.25, 0.3) is 5.91 Å². The molecule has 1 aliphatic heterocycles. The van der Waals surface area contributed by atoms with E-state index < -0.39 is 0 Å². The highest BCUT2D eigenvalue weighted by atomic mass is 16.5. The fourth-order valence-corrected chi connectivity index (χ4v) is 3.48. The van der Waals surface area contributed by atoms with Crippen LogP contribution in [0.5, 0.6) is 5.88 Å². The highest BCUT2D eigenvalue weighted by Gasteiger charge is 2.33. The SMILES string of the molecule is COc1ccc(C(=O)N2CCCC[C@@H]2c2nncn2CC2CC2)cn1. The van der Waals surface area contributed by atoms with E-state index in [9.17, 15) is 4.79 Å². The Kier molecular flexibility index (Phi) is 4.38. The summed E-state index contributed by atoms with van der Waals surface area (Å²) in [5.41, 5.74) is 0.584. The summed E-state index contributed by atoms with van der Waals surface area (Å²) in [6.45, 7) is 1.71. The minimum Gasteiger partial charge on any atom is -0.481 e. The van der Waals surface area contributed by atoms with Gasteiger partial charge in [-0.2, -0.15) is 0 Å². The van der Waals surface area contributed by atoms with Crippen LogP contribution in [0, 0.1) is 5.92 Å². The van der Waals surface area contributed by atoms with Gasteiger partial charge in [0.15, 0.2) is 5.82 Å². The standard InChI is InChI=1S/C18H23N5O2/c1-25-16-8-7-14(10-19-16)18(24)23-9-3-2-4-15(23)17-21-20-12-22(17)11-13-5-6-13/h7-8,10,12-13,15H,2-6,9,11H2,1H3/t15-/m1/s1. The first-order chi connectivity index (χ1) is 12.3. The van der Waals surface area contributed by atoms with E-state index >= 15 is 0 Å². The van der Waals surface area contributed by atoms with Crippen molar-refractivity contribution in [2.24, 2.45) is 5.92 Å². The number of nitrogens with zero attached hydrogens (tertiary/aromatic N) is 5. The molecule has 4 rings (SSSR count). The lowest BCUT2D eigenvalue weighted by atomic mass is 10.00. The van der Waals surface area contributed by atoms with Gasteiger partial charge < -0.3 is 14.2 Å². The van der Waals surface area contributed by atoms with Gasteiger partial charge >= 0.3 is 0 Å². The molecular formula is C18H23N5O2. The van der Waals surface area contributed by atoms with Crippen LogP contribution in [0.25, 0.3) is 0 Å². The molecule has 1 saturated heterocycles. The van der Waals surface area contributed by atoms with Crippen molar-refractivity contribution in [1.82, 2.24) is 24.6 Å². The summed E-state index contributed by atoms with van der Waals surface area (Å²) in [6.07, 6.45) is 9.00. The second-order valence-electron chi connectivity index (χ2n) is 6.88. The number of carbonyl (C=O) groups is 1. The number of methoxy groups -OCH3 is 1.